The Morgan fingerprint density at radius 2 is 1.76 bits per heavy atom. The van der Waals surface area contributed by atoms with Gasteiger partial charge in [-0.05, 0) is 44.0 Å². The molecule has 8 nitrogen and oxygen atoms in total. The summed E-state index contributed by atoms with van der Waals surface area (Å²) in [7, 11) is 1.59. The lowest BCUT2D eigenvalue weighted by Crippen LogP contribution is -2.39. The number of nitrogens with zero attached hydrogens (tertiary/aromatic N) is 1. The van der Waals surface area contributed by atoms with E-state index in [0.717, 1.165) is 0 Å². The molecule has 3 N–H and O–H groups in total. The summed E-state index contributed by atoms with van der Waals surface area (Å²) in [4.78, 5) is 25.7. The molecule has 1 unspecified atom stereocenters. The van der Waals surface area contributed by atoms with E-state index in [4.69, 9.17) is 9.47 Å². The zero-order valence-electron chi connectivity index (χ0n) is 18.1. The second-order valence-corrected chi connectivity index (χ2v) is 7.64. The second-order valence-electron chi connectivity index (χ2n) is 7.64. The minimum atomic E-state index is -0.795. The number of rotatable bonds is 12. The van der Waals surface area contributed by atoms with Crippen LogP contribution in [-0.4, -0.2) is 74.1 Å². The van der Waals surface area contributed by atoms with E-state index in [0.29, 0.717) is 36.9 Å². The number of amides is 3. The van der Waals surface area contributed by atoms with Gasteiger partial charge < -0.3 is 30.1 Å². The van der Waals surface area contributed by atoms with Gasteiger partial charge in [0, 0.05) is 24.8 Å². The average molecular weight is 410 g/mol. The normalized spacial score (nSPS) is 12.1. The smallest absolute Gasteiger partial charge is 0.321 e. The van der Waals surface area contributed by atoms with Crippen molar-refractivity contribution in [1.82, 2.24) is 10.2 Å². The number of aliphatic hydroxyl groups excluding tert-OH is 1. The van der Waals surface area contributed by atoms with Crippen LogP contribution in [0, 0.1) is 5.92 Å². The van der Waals surface area contributed by atoms with E-state index in [2.05, 4.69) is 10.6 Å². The Balaban J connectivity index is 2.37. The topological polar surface area (TPSA) is 100 Å². The maximum Gasteiger partial charge on any atom is 0.321 e. The quantitative estimate of drug-likeness (QED) is 0.460. The third-order valence-electron chi connectivity index (χ3n) is 3.89. The lowest BCUT2D eigenvalue weighted by Gasteiger charge is -2.21. The molecule has 0 bridgehead atoms. The van der Waals surface area contributed by atoms with Crippen molar-refractivity contribution in [3.63, 3.8) is 0 Å². The number of likely N-dealkylation sites (N-methyl/N-ethyl adjacent to an activating group) is 1. The number of anilines is 1. The number of hydrogen-bond acceptors (Lipinski definition) is 5. The first-order valence-corrected chi connectivity index (χ1v) is 9.96. The molecule has 29 heavy (non-hydrogen) atoms. The molecule has 3 amide bonds. The number of nitrogens with one attached hydrogen (secondary N) is 2. The third kappa shape index (κ3) is 10.8. The van der Waals surface area contributed by atoms with Crippen LogP contribution in [-0.2, 0) is 9.47 Å². The number of carbonyl (C=O) groups is 2. The zero-order chi connectivity index (χ0) is 21.8. The van der Waals surface area contributed by atoms with Gasteiger partial charge in [0.1, 0.15) is 0 Å². The van der Waals surface area contributed by atoms with Crippen LogP contribution in [0.4, 0.5) is 10.5 Å². The molecular weight excluding hydrogens is 374 g/mol. The molecule has 1 rings (SSSR count). The van der Waals surface area contributed by atoms with Crippen LogP contribution in [0.5, 0.6) is 0 Å². The molecule has 0 aromatic heterocycles. The van der Waals surface area contributed by atoms with Gasteiger partial charge in [0.25, 0.3) is 5.91 Å². The van der Waals surface area contributed by atoms with E-state index in [1.165, 1.54) is 4.90 Å². The standard InChI is InChI=1S/C21H35N3O5/c1-15(2)12-22-20(26)17-6-8-18(9-7-17)23-21(27)24(5)13-19(25)14-28-10-11-29-16(3)4/h6-9,15-16,19,25H,10-14H2,1-5H3,(H,22,26)(H,23,27). The highest BCUT2D eigenvalue weighted by Crippen LogP contribution is 2.10. The number of urea groups is 1. The molecule has 0 aliphatic rings. The summed E-state index contributed by atoms with van der Waals surface area (Å²) in [6.45, 7) is 9.66. The van der Waals surface area contributed by atoms with Gasteiger partial charge in [-0.2, -0.15) is 0 Å². The predicted octanol–water partition coefficient (Wildman–Crippen LogP) is 2.34. The van der Waals surface area contributed by atoms with Crippen LogP contribution in [0.1, 0.15) is 38.1 Å². The fourth-order valence-corrected chi connectivity index (χ4v) is 2.34. The maximum absolute atomic E-state index is 12.3. The first kappa shape index (κ1) is 24.9. The second kappa shape index (κ2) is 13.1. The number of hydrogen-bond donors (Lipinski definition) is 3. The maximum atomic E-state index is 12.3. The molecule has 0 saturated heterocycles. The highest BCUT2D eigenvalue weighted by Gasteiger charge is 2.14. The van der Waals surface area contributed by atoms with Crippen LogP contribution < -0.4 is 10.6 Å². The minimum absolute atomic E-state index is 0.124. The number of carbonyl (C=O) groups excluding carboxylic acids is 2. The van der Waals surface area contributed by atoms with E-state index in [-0.39, 0.29) is 31.2 Å². The minimum Gasteiger partial charge on any atom is -0.389 e. The van der Waals surface area contributed by atoms with E-state index >= 15 is 0 Å². The number of benzene rings is 1. The summed E-state index contributed by atoms with van der Waals surface area (Å²) < 4.78 is 10.7. The lowest BCUT2D eigenvalue weighted by atomic mass is 10.1. The third-order valence-corrected chi connectivity index (χ3v) is 3.89. The van der Waals surface area contributed by atoms with Crippen molar-refractivity contribution in [1.29, 1.82) is 0 Å². The van der Waals surface area contributed by atoms with Crippen LogP contribution in [0.3, 0.4) is 0 Å². The Labute approximate surface area is 173 Å². The number of aliphatic hydroxyl groups is 1. The van der Waals surface area contributed by atoms with Crippen LogP contribution in [0.2, 0.25) is 0 Å². The van der Waals surface area contributed by atoms with Gasteiger partial charge in [-0.25, -0.2) is 4.79 Å². The molecular formula is C21H35N3O5. The molecule has 1 aromatic rings. The van der Waals surface area contributed by atoms with Crippen molar-refractivity contribution < 1.29 is 24.2 Å². The summed E-state index contributed by atoms with van der Waals surface area (Å²) in [6, 6.07) is 6.30. The van der Waals surface area contributed by atoms with Crippen molar-refractivity contribution in [2.24, 2.45) is 5.92 Å². The summed E-state index contributed by atoms with van der Waals surface area (Å²) in [5.74, 6) is 0.234. The SMILES string of the molecule is CC(C)CNC(=O)c1ccc(NC(=O)N(C)CC(O)COCCOC(C)C)cc1. The molecule has 0 spiro atoms. The van der Waals surface area contributed by atoms with Crippen LogP contribution >= 0.6 is 0 Å². The van der Waals surface area contributed by atoms with Gasteiger partial charge in [0.2, 0.25) is 0 Å². The van der Waals surface area contributed by atoms with Gasteiger partial charge in [-0.3, -0.25) is 4.79 Å². The summed E-state index contributed by atoms with van der Waals surface area (Å²) >= 11 is 0. The van der Waals surface area contributed by atoms with Gasteiger partial charge in [-0.15, -0.1) is 0 Å². The average Bonchev–Trinajstić information content (AvgIpc) is 2.66. The molecule has 1 aromatic carbocycles. The Morgan fingerprint density at radius 3 is 2.34 bits per heavy atom. The van der Waals surface area contributed by atoms with E-state index in [1.54, 1.807) is 31.3 Å². The Hall–Kier alpha value is -2.16. The van der Waals surface area contributed by atoms with Gasteiger partial charge >= 0.3 is 6.03 Å². The zero-order valence-corrected chi connectivity index (χ0v) is 18.1. The number of ether oxygens (including phenoxy) is 2. The molecule has 0 aliphatic carbocycles. The van der Waals surface area contributed by atoms with Crippen molar-refractivity contribution >= 4 is 17.6 Å². The van der Waals surface area contributed by atoms with Crippen LogP contribution in [0.25, 0.3) is 0 Å². The molecule has 0 aliphatic heterocycles. The van der Waals surface area contributed by atoms with Crippen molar-refractivity contribution in [2.75, 3.05) is 45.3 Å². The van der Waals surface area contributed by atoms with E-state index < -0.39 is 6.10 Å². The lowest BCUT2D eigenvalue weighted by molar-refractivity contribution is -0.0144. The Kier molecular flexibility index (Phi) is 11.3. The fraction of sp³-hybridized carbons (Fsp3) is 0.619. The Morgan fingerprint density at radius 1 is 1.10 bits per heavy atom. The van der Waals surface area contributed by atoms with E-state index in [1.807, 2.05) is 27.7 Å². The first-order valence-electron chi connectivity index (χ1n) is 9.96. The highest BCUT2D eigenvalue weighted by atomic mass is 16.5. The molecule has 0 heterocycles. The largest absolute Gasteiger partial charge is 0.389 e. The monoisotopic (exact) mass is 409 g/mol. The molecule has 8 heteroatoms. The Bertz CT molecular complexity index is 619. The van der Waals surface area contributed by atoms with Crippen molar-refractivity contribution in [3.8, 4) is 0 Å². The molecule has 164 valence electrons. The van der Waals surface area contributed by atoms with Crippen molar-refractivity contribution in [2.45, 2.75) is 39.9 Å². The first-order chi connectivity index (χ1) is 13.7. The van der Waals surface area contributed by atoms with Crippen molar-refractivity contribution in [3.05, 3.63) is 29.8 Å². The predicted molar refractivity (Wildman–Crippen MR) is 113 cm³/mol. The molecule has 1 atom stereocenters. The summed E-state index contributed by atoms with van der Waals surface area (Å²) in [5, 5.41) is 15.6. The van der Waals surface area contributed by atoms with Gasteiger partial charge in [0.05, 0.1) is 38.6 Å². The summed E-state index contributed by atoms with van der Waals surface area (Å²) in [5.41, 5.74) is 1.10. The highest BCUT2D eigenvalue weighted by molar-refractivity contribution is 5.95. The summed E-state index contributed by atoms with van der Waals surface area (Å²) in [6.07, 6.45) is -0.654. The molecule has 0 fully saturated rings. The van der Waals surface area contributed by atoms with Gasteiger partial charge in [0.15, 0.2) is 0 Å². The molecule has 0 radical (unpaired) electrons. The molecule has 0 saturated carbocycles. The van der Waals surface area contributed by atoms with Gasteiger partial charge in [-0.1, -0.05) is 13.8 Å². The van der Waals surface area contributed by atoms with Crippen LogP contribution in [0.15, 0.2) is 24.3 Å². The fourth-order valence-electron chi connectivity index (χ4n) is 2.34. The van der Waals surface area contributed by atoms with E-state index in [9.17, 15) is 14.7 Å².